The lowest BCUT2D eigenvalue weighted by molar-refractivity contribution is -0.144. The van der Waals surface area contributed by atoms with Gasteiger partial charge in [-0.15, -0.1) is 0 Å². The molecule has 262 valence electrons. The number of likely N-dealkylation sites (N-methyl/N-ethyl adjacent to an activating group) is 1. The van der Waals surface area contributed by atoms with Crippen LogP contribution in [0.15, 0.2) is 42.1 Å². The fraction of sp³-hybridized carbons (Fsp3) is 0.462. The van der Waals surface area contributed by atoms with Crippen LogP contribution in [0, 0.1) is 13.8 Å². The summed E-state index contributed by atoms with van der Waals surface area (Å²) < 4.78 is 31.8. The molecule has 3 atom stereocenters. The first-order valence-corrected chi connectivity index (χ1v) is 19.8. The summed E-state index contributed by atoms with van der Waals surface area (Å²) in [6.07, 6.45) is 2.56. The first kappa shape index (κ1) is 34.9. The highest BCUT2D eigenvalue weighted by Gasteiger charge is 2.53. The Morgan fingerprint density at radius 3 is 2.16 bits per heavy atom. The van der Waals surface area contributed by atoms with Crippen molar-refractivity contribution < 1.29 is 33.3 Å². The summed E-state index contributed by atoms with van der Waals surface area (Å²) in [5.74, 6) is 2.99. The predicted molar refractivity (Wildman–Crippen MR) is 193 cm³/mol. The van der Waals surface area contributed by atoms with E-state index < -0.39 is 20.4 Å². The standard InChI is InChI=1S/C39H50N2O7Si/c1-22-17-25-18-28-38(43)41-27(32(40(28)6)30(25)37(33(22)44-7)47-21-24-15-13-12-14-16-24)19-26-31(29(41)20-42)36(46-9)35(45-8)23(2)34(26)48-49(10,11)39(3,4)5/h12-17,19,28-29,32,42H,18,20-21H2,1-11H3/t28-,29+,32+/m1/s1. The smallest absolute Gasteiger partial charge is 0.250 e. The van der Waals surface area contributed by atoms with Gasteiger partial charge in [0.25, 0.3) is 8.32 Å². The van der Waals surface area contributed by atoms with Crippen LogP contribution in [0.25, 0.3) is 6.08 Å². The molecule has 0 aliphatic carbocycles. The maximum Gasteiger partial charge on any atom is 0.250 e. The molecule has 3 aromatic carbocycles. The van der Waals surface area contributed by atoms with E-state index in [1.165, 1.54) is 0 Å². The van der Waals surface area contributed by atoms with Gasteiger partial charge in [-0.3, -0.25) is 9.69 Å². The molecule has 1 amide bonds. The van der Waals surface area contributed by atoms with Crippen molar-refractivity contribution in [1.29, 1.82) is 0 Å². The molecule has 10 heteroatoms. The van der Waals surface area contributed by atoms with Crippen LogP contribution in [-0.4, -0.2) is 70.2 Å². The fourth-order valence-electron chi connectivity index (χ4n) is 7.46. The second-order valence-corrected chi connectivity index (χ2v) is 19.6. The number of aryl methyl sites for hydroxylation is 1. The molecule has 3 aliphatic heterocycles. The Bertz CT molecular complexity index is 1810. The molecule has 0 unspecified atom stereocenters. The van der Waals surface area contributed by atoms with Crippen molar-refractivity contribution in [1.82, 2.24) is 9.80 Å². The molecule has 1 saturated heterocycles. The van der Waals surface area contributed by atoms with E-state index in [0.29, 0.717) is 47.3 Å². The molecule has 1 fully saturated rings. The highest BCUT2D eigenvalue weighted by molar-refractivity contribution is 6.74. The van der Waals surface area contributed by atoms with Crippen LogP contribution in [0.5, 0.6) is 28.7 Å². The van der Waals surface area contributed by atoms with Gasteiger partial charge in [0.05, 0.1) is 46.1 Å². The third kappa shape index (κ3) is 5.48. The van der Waals surface area contributed by atoms with Crippen LogP contribution in [0.4, 0.5) is 0 Å². The van der Waals surface area contributed by atoms with Gasteiger partial charge >= 0.3 is 0 Å². The van der Waals surface area contributed by atoms with Crippen molar-refractivity contribution in [3.8, 4) is 28.7 Å². The minimum Gasteiger partial charge on any atom is -0.543 e. The van der Waals surface area contributed by atoms with E-state index in [1.54, 1.807) is 26.2 Å². The van der Waals surface area contributed by atoms with Crippen molar-refractivity contribution in [3.63, 3.8) is 0 Å². The van der Waals surface area contributed by atoms with Crippen LogP contribution in [0.1, 0.15) is 71.8 Å². The van der Waals surface area contributed by atoms with E-state index >= 15 is 0 Å². The minimum atomic E-state index is -2.37. The van der Waals surface area contributed by atoms with E-state index in [2.05, 4.69) is 50.9 Å². The Labute approximate surface area is 291 Å². The molecular weight excluding hydrogens is 637 g/mol. The number of nitrogens with zero attached hydrogens (tertiary/aromatic N) is 2. The number of rotatable bonds is 9. The van der Waals surface area contributed by atoms with E-state index in [1.807, 2.05) is 51.2 Å². The first-order valence-electron chi connectivity index (χ1n) is 16.9. The molecule has 49 heavy (non-hydrogen) atoms. The average molecular weight is 687 g/mol. The molecule has 3 aromatic rings. The van der Waals surface area contributed by atoms with E-state index in [-0.39, 0.29) is 23.6 Å². The SMILES string of the molecule is COc1c(C)cc2c(c1OCc1ccccc1)[C@@H]1C3=Cc4c(O[Si](C)(C)C(C)(C)C)c(C)c(OC)c(OC)c4[C@H](CO)N3C(=O)[C@@H](C2)N1C. The van der Waals surface area contributed by atoms with Crippen molar-refractivity contribution in [3.05, 3.63) is 81.0 Å². The van der Waals surface area contributed by atoms with Gasteiger partial charge in [0.2, 0.25) is 5.91 Å². The molecule has 3 heterocycles. The molecular formula is C39H50N2O7Si. The van der Waals surface area contributed by atoms with Crippen LogP contribution in [0.2, 0.25) is 18.1 Å². The molecule has 0 radical (unpaired) electrons. The number of benzene rings is 3. The highest BCUT2D eigenvalue weighted by atomic mass is 28.4. The van der Waals surface area contributed by atoms with Crippen LogP contribution < -0.4 is 23.4 Å². The van der Waals surface area contributed by atoms with Gasteiger partial charge in [0, 0.05) is 28.0 Å². The fourth-order valence-corrected chi connectivity index (χ4v) is 8.54. The number of hydrogen-bond acceptors (Lipinski definition) is 8. The summed E-state index contributed by atoms with van der Waals surface area (Å²) in [6, 6.07) is 10.7. The number of amides is 1. The lowest BCUT2D eigenvalue weighted by Crippen LogP contribution is -2.60. The highest BCUT2D eigenvalue weighted by Crippen LogP contribution is 2.58. The van der Waals surface area contributed by atoms with Crippen LogP contribution in [0.3, 0.4) is 0 Å². The van der Waals surface area contributed by atoms with E-state index in [9.17, 15) is 9.90 Å². The number of piperazine rings is 1. The Kier molecular flexibility index (Phi) is 9.04. The Morgan fingerprint density at radius 2 is 1.57 bits per heavy atom. The lowest BCUT2D eigenvalue weighted by Gasteiger charge is -2.53. The van der Waals surface area contributed by atoms with E-state index in [4.69, 9.17) is 23.4 Å². The maximum absolute atomic E-state index is 14.6. The molecule has 1 N–H and O–H groups in total. The molecule has 9 nitrogen and oxygen atoms in total. The first-order chi connectivity index (χ1) is 23.2. The van der Waals surface area contributed by atoms with Crippen LogP contribution >= 0.6 is 0 Å². The van der Waals surface area contributed by atoms with Gasteiger partial charge in [-0.2, -0.15) is 0 Å². The molecule has 0 aromatic heterocycles. The van der Waals surface area contributed by atoms with Gasteiger partial charge in [0.15, 0.2) is 23.0 Å². The third-order valence-corrected chi connectivity index (χ3v) is 15.3. The van der Waals surface area contributed by atoms with E-state index in [0.717, 1.165) is 39.1 Å². The number of methoxy groups -OCH3 is 3. The number of aliphatic hydroxyl groups is 1. The normalized spacial score (nSPS) is 20.2. The zero-order valence-electron chi connectivity index (χ0n) is 30.7. The van der Waals surface area contributed by atoms with Crippen molar-refractivity contribution in [2.75, 3.05) is 35.0 Å². The Morgan fingerprint density at radius 1 is 0.918 bits per heavy atom. The lowest BCUT2D eigenvalue weighted by atomic mass is 9.78. The predicted octanol–water partition coefficient (Wildman–Crippen LogP) is 7.12. The average Bonchev–Trinajstić information content (AvgIpc) is 3.06. The third-order valence-electron chi connectivity index (χ3n) is 11.0. The quantitative estimate of drug-likeness (QED) is 0.238. The molecule has 3 aliphatic rings. The van der Waals surface area contributed by atoms with Gasteiger partial charge in [0.1, 0.15) is 12.4 Å². The molecule has 0 spiro atoms. The summed E-state index contributed by atoms with van der Waals surface area (Å²) >= 11 is 0. The number of aliphatic hydroxyl groups excluding tert-OH is 1. The Balaban J connectivity index is 1.64. The van der Waals surface area contributed by atoms with Crippen molar-refractivity contribution in [2.24, 2.45) is 0 Å². The summed E-state index contributed by atoms with van der Waals surface area (Å²) in [6.45, 7) is 15.1. The number of carbonyl (C=O) groups is 1. The second kappa shape index (κ2) is 12.7. The summed E-state index contributed by atoms with van der Waals surface area (Å²) in [4.78, 5) is 18.5. The van der Waals surface area contributed by atoms with Crippen molar-refractivity contribution >= 4 is 20.3 Å². The number of ether oxygens (including phenoxy) is 4. The molecule has 6 rings (SSSR count). The van der Waals surface area contributed by atoms with Crippen molar-refractivity contribution in [2.45, 2.75) is 83.9 Å². The zero-order valence-corrected chi connectivity index (χ0v) is 31.7. The largest absolute Gasteiger partial charge is 0.543 e. The molecule has 0 saturated carbocycles. The zero-order chi connectivity index (χ0) is 35.6. The number of hydrogen-bond donors (Lipinski definition) is 1. The summed E-state index contributed by atoms with van der Waals surface area (Å²) in [7, 11) is 4.50. The number of fused-ring (bicyclic) bond motifs is 7. The summed E-state index contributed by atoms with van der Waals surface area (Å²) in [5, 5.41) is 11.1. The van der Waals surface area contributed by atoms with Crippen LogP contribution in [-0.2, 0) is 17.8 Å². The monoisotopic (exact) mass is 686 g/mol. The van der Waals surface area contributed by atoms with Gasteiger partial charge in [-0.05, 0) is 68.2 Å². The van der Waals surface area contributed by atoms with Gasteiger partial charge in [-0.25, -0.2) is 0 Å². The minimum absolute atomic E-state index is 0.0750. The van der Waals surface area contributed by atoms with Gasteiger partial charge in [-0.1, -0.05) is 57.2 Å². The molecule has 2 bridgehead atoms. The summed E-state index contributed by atoms with van der Waals surface area (Å²) in [5.41, 5.74) is 7.04. The maximum atomic E-state index is 14.6. The Hall–Kier alpha value is -3.99. The number of carbonyl (C=O) groups excluding carboxylic acids is 1. The van der Waals surface area contributed by atoms with Gasteiger partial charge < -0.3 is 33.4 Å². The topological polar surface area (TPSA) is 89.9 Å². The second-order valence-electron chi connectivity index (χ2n) is 14.9.